The maximum absolute atomic E-state index is 2.57. The lowest BCUT2D eigenvalue weighted by molar-refractivity contribution is 0.323. The summed E-state index contributed by atoms with van der Waals surface area (Å²) < 4.78 is 0. The maximum Gasteiger partial charge on any atom is 0.0102 e. The molecule has 6 aliphatic rings. The lowest BCUT2D eigenvalue weighted by Crippen LogP contribution is -2.40. The van der Waals surface area contributed by atoms with E-state index in [2.05, 4.69) is 148 Å². The highest BCUT2D eigenvalue weighted by molar-refractivity contribution is 6.04. The summed E-state index contributed by atoms with van der Waals surface area (Å²) in [6.45, 7) is 7.03. The van der Waals surface area contributed by atoms with Gasteiger partial charge >= 0.3 is 0 Å². The molecular formula is C46H42. The van der Waals surface area contributed by atoms with E-state index in [1.54, 1.807) is 0 Å². The van der Waals surface area contributed by atoms with Crippen molar-refractivity contribution in [2.24, 2.45) is 29.1 Å². The number of fused-ring (bicyclic) bond motifs is 2. The Morgan fingerprint density at radius 2 is 1.39 bits per heavy atom. The smallest absolute Gasteiger partial charge is 0.0102 e. The molecule has 46 heavy (non-hydrogen) atoms. The van der Waals surface area contributed by atoms with Gasteiger partial charge in [0.05, 0.1) is 0 Å². The molecule has 0 spiro atoms. The summed E-state index contributed by atoms with van der Waals surface area (Å²) in [5.74, 6) is 1.80. The predicted octanol–water partition coefficient (Wildman–Crippen LogP) is 10.4. The van der Waals surface area contributed by atoms with E-state index >= 15 is 0 Å². The van der Waals surface area contributed by atoms with Crippen LogP contribution in [0.5, 0.6) is 0 Å². The minimum Gasteiger partial charge on any atom is -0.0842 e. The Morgan fingerprint density at radius 3 is 2.13 bits per heavy atom. The molecule has 0 saturated carbocycles. The van der Waals surface area contributed by atoms with Crippen LogP contribution in [-0.4, -0.2) is 0 Å². The van der Waals surface area contributed by atoms with Gasteiger partial charge in [-0.3, -0.25) is 0 Å². The second-order valence-corrected chi connectivity index (χ2v) is 15.0. The second-order valence-electron chi connectivity index (χ2n) is 15.0. The number of allylic oxidation sites excluding steroid dienone is 16. The number of rotatable bonds is 3. The largest absolute Gasteiger partial charge is 0.0842 e. The zero-order valence-corrected chi connectivity index (χ0v) is 27.3. The molecule has 0 nitrogen and oxygen atoms in total. The fourth-order valence-electron chi connectivity index (χ4n) is 9.10. The lowest BCUT2D eigenvalue weighted by Gasteiger charge is -2.47. The van der Waals surface area contributed by atoms with Crippen molar-refractivity contribution in [2.45, 2.75) is 46.5 Å². The fourth-order valence-corrected chi connectivity index (χ4v) is 9.10. The average Bonchev–Trinajstić information content (AvgIpc) is 3.09. The van der Waals surface area contributed by atoms with Gasteiger partial charge in [0.1, 0.15) is 0 Å². The molecule has 3 aromatic carbocycles. The van der Waals surface area contributed by atoms with Crippen LogP contribution in [0.1, 0.15) is 57.6 Å². The monoisotopic (exact) mass is 594 g/mol. The van der Waals surface area contributed by atoms with Crippen LogP contribution in [-0.2, 0) is 0 Å². The highest BCUT2D eigenvalue weighted by Crippen LogP contribution is 2.55. The molecule has 6 aliphatic carbocycles. The van der Waals surface area contributed by atoms with Gasteiger partial charge in [0.2, 0.25) is 0 Å². The van der Waals surface area contributed by atoms with Crippen LogP contribution in [0.4, 0.5) is 0 Å². The molecule has 0 amide bonds. The van der Waals surface area contributed by atoms with Crippen molar-refractivity contribution in [1.29, 1.82) is 0 Å². The van der Waals surface area contributed by atoms with Crippen LogP contribution in [0, 0.1) is 29.1 Å². The molecular weight excluding hydrogens is 553 g/mol. The van der Waals surface area contributed by atoms with Gasteiger partial charge in [-0.1, -0.05) is 148 Å². The first-order valence-electron chi connectivity index (χ1n) is 17.4. The van der Waals surface area contributed by atoms with Gasteiger partial charge < -0.3 is 0 Å². The summed E-state index contributed by atoms with van der Waals surface area (Å²) in [5.41, 5.74) is 13.1. The summed E-state index contributed by atoms with van der Waals surface area (Å²) in [6.07, 6.45) is 36.1. The highest BCUT2D eigenvalue weighted by Gasteiger charge is 2.45. The van der Waals surface area contributed by atoms with E-state index in [1.165, 1.54) is 71.3 Å². The Bertz CT molecular complexity index is 2170. The van der Waals surface area contributed by atoms with E-state index < -0.39 is 0 Å². The third-order valence-electron chi connectivity index (χ3n) is 11.3. The molecule has 0 aromatic heterocycles. The SMILES string of the molecule is CC(C)(C)C1=CC2C=CC3=CC=C(c4c5c(c(-c6ccc(C7=CC=CCC7)cc6)c6ccccc46)=CCCC=5)C4C=CC(=C1)C2C34. The van der Waals surface area contributed by atoms with Crippen molar-refractivity contribution < 1.29 is 0 Å². The van der Waals surface area contributed by atoms with Crippen LogP contribution in [0.2, 0.25) is 0 Å². The first-order chi connectivity index (χ1) is 22.5. The summed E-state index contributed by atoms with van der Waals surface area (Å²) in [6, 6.07) is 18.6. The number of hydrogen-bond donors (Lipinski definition) is 0. The fraction of sp³-hybridized carbons (Fsp3) is 0.261. The molecule has 226 valence electrons. The Kier molecular flexibility index (Phi) is 6.40. The zero-order chi connectivity index (χ0) is 31.0. The molecule has 9 rings (SSSR count). The summed E-state index contributed by atoms with van der Waals surface area (Å²) in [7, 11) is 0. The van der Waals surface area contributed by atoms with Gasteiger partial charge in [0.25, 0.3) is 0 Å². The van der Waals surface area contributed by atoms with E-state index in [9.17, 15) is 0 Å². The van der Waals surface area contributed by atoms with Gasteiger partial charge in [-0.25, -0.2) is 0 Å². The Hall–Kier alpha value is -4.42. The normalized spacial score (nSPS) is 25.7. The standard InChI is InChI=1S/C46H42/c1-46(2,3)35-27-33-22-21-32-23-25-41(40-26-24-34(28-35)42(33)44(32)40)45-38-15-9-7-13-36(38)43(37-14-8-10-16-39(37)45)31-19-17-30(18-20-31)29-11-5-4-6-12-29/h4-5,7,9,11,13-28,33,40,42,44H,6,8,10,12H2,1-3H3. The quantitative estimate of drug-likeness (QED) is 0.283. The van der Waals surface area contributed by atoms with E-state index in [1.807, 2.05) is 0 Å². The Balaban J connectivity index is 1.22. The molecule has 0 heterocycles. The van der Waals surface area contributed by atoms with Crippen molar-refractivity contribution in [3.8, 4) is 11.1 Å². The Labute approximate surface area is 273 Å². The van der Waals surface area contributed by atoms with E-state index in [0.29, 0.717) is 23.7 Å². The predicted molar refractivity (Wildman–Crippen MR) is 197 cm³/mol. The molecule has 4 atom stereocenters. The molecule has 4 unspecified atom stereocenters. The third-order valence-corrected chi connectivity index (χ3v) is 11.3. The second kappa shape index (κ2) is 10.6. The third kappa shape index (κ3) is 4.33. The van der Waals surface area contributed by atoms with Crippen LogP contribution < -0.4 is 10.4 Å². The molecule has 0 fully saturated rings. The summed E-state index contributed by atoms with van der Waals surface area (Å²) in [5, 5.41) is 5.60. The maximum atomic E-state index is 2.57. The van der Waals surface area contributed by atoms with Crippen LogP contribution in [0.3, 0.4) is 0 Å². The molecule has 0 heteroatoms. The van der Waals surface area contributed by atoms with Crippen molar-refractivity contribution in [3.63, 3.8) is 0 Å². The van der Waals surface area contributed by atoms with Gasteiger partial charge in [-0.2, -0.15) is 0 Å². The van der Waals surface area contributed by atoms with Crippen molar-refractivity contribution in [3.05, 3.63) is 154 Å². The van der Waals surface area contributed by atoms with Crippen LogP contribution in [0.25, 0.3) is 45.2 Å². The minimum absolute atomic E-state index is 0.154. The molecule has 0 saturated heterocycles. The van der Waals surface area contributed by atoms with E-state index in [0.717, 1.165) is 25.7 Å². The van der Waals surface area contributed by atoms with Gasteiger partial charge in [-0.05, 0) is 102 Å². The Morgan fingerprint density at radius 1 is 0.674 bits per heavy atom. The molecule has 0 N–H and O–H groups in total. The van der Waals surface area contributed by atoms with Gasteiger partial charge in [0.15, 0.2) is 0 Å². The zero-order valence-electron chi connectivity index (χ0n) is 27.3. The topological polar surface area (TPSA) is 0 Å². The molecule has 0 radical (unpaired) electrons. The van der Waals surface area contributed by atoms with Crippen LogP contribution >= 0.6 is 0 Å². The highest BCUT2D eigenvalue weighted by atomic mass is 14.5. The first-order valence-corrected chi connectivity index (χ1v) is 17.4. The summed E-state index contributed by atoms with van der Waals surface area (Å²) >= 11 is 0. The average molecular weight is 595 g/mol. The van der Waals surface area contributed by atoms with E-state index in [4.69, 9.17) is 0 Å². The first kappa shape index (κ1) is 27.9. The van der Waals surface area contributed by atoms with Gasteiger partial charge in [-0.15, -0.1) is 0 Å². The number of benzene rings is 3. The van der Waals surface area contributed by atoms with E-state index in [-0.39, 0.29) is 5.41 Å². The van der Waals surface area contributed by atoms with Crippen molar-refractivity contribution in [2.75, 3.05) is 0 Å². The molecule has 0 bridgehead atoms. The molecule has 3 aromatic rings. The lowest BCUT2D eigenvalue weighted by atomic mass is 9.56. The summed E-state index contributed by atoms with van der Waals surface area (Å²) in [4.78, 5) is 0. The van der Waals surface area contributed by atoms with Crippen molar-refractivity contribution >= 4 is 34.1 Å². The minimum atomic E-state index is 0.154. The van der Waals surface area contributed by atoms with Gasteiger partial charge in [0, 0.05) is 23.7 Å². The molecule has 0 aliphatic heterocycles. The van der Waals surface area contributed by atoms with Crippen LogP contribution in [0.15, 0.2) is 132 Å². The number of hydrogen-bond acceptors (Lipinski definition) is 0. The van der Waals surface area contributed by atoms with Crippen molar-refractivity contribution in [1.82, 2.24) is 0 Å².